The van der Waals surface area contributed by atoms with Gasteiger partial charge in [0.15, 0.2) is 0 Å². The molecule has 1 N–H and O–H groups in total. The van der Waals surface area contributed by atoms with Crippen LogP contribution in [0.4, 0.5) is 5.82 Å². The normalized spacial score (nSPS) is 18.9. The van der Waals surface area contributed by atoms with Gasteiger partial charge in [-0.25, -0.2) is 4.98 Å². The van der Waals surface area contributed by atoms with Gasteiger partial charge in [0, 0.05) is 25.8 Å². The first-order chi connectivity index (χ1) is 10.3. The summed E-state index contributed by atoms with van der Waals surface area (Å²) in [4.78, 5) is 7.09. The van der Waals surface area contributed by atoms with Crippen LogP contribution in [0.1, 0.15) is 35.6 Å². The SMILES string of the molecule is CNc1cc(C)c(C2CCCN2Cc2ccccc2)cn1. The van der Waals surface area contributed by atoms with E-state index in [0.29, 0.717) is 6.04 Å². The summed E-state index contributed by atoms with van der Waals surface area (Å²) in [6.07, 6.45) is 4.55. The fourth-order valence-electron chi connectivity index (χ4n) is 3.24. The van der Waals surface area contributed by atoms with E-state index >= 15 is 0 Å². The molecule has 0 amide bonds. The molecular formula is C18H23N3. The Bertz CT molecular complexity index is 595. The first kappa shape index (κ1) is 14.1. The molecule has 0 saturated carbocycles. The molecule has 3 nitrogen and oxygen atoms in total. The summed E-state index contributed by atoms with van der Waals surface area (Å²) in [5, 5.41) is 3.11. The number of hydrogen-bond donors (Lipinski definition) is 1. The highest BCUT2D eigenvalue weighted by atomic mass is 15.2. The monoisotopic (exact) mass is 281 g/mol. The number of likely N-dealkylation sites (tertiary alicyclic amines) is 1. The lowest BCUT2D eigenvalue weighted by Gasteiger charge is -2.26. The zero-order valence-corrected chi connectivity index (χ0v) is 12.8. The molecule has 2 heterocycles. The minimum Gasteiger partial charge on any atom is -0.373 e. The van der Waals surface area contributed by atoms with Crippen LogP contribution in [-0.4, -0.2) is 23.5 Å². The van der Waals surface area contributed by atoms with Crippen LogP contribution in [0.15, 0.2) is 42.6 Å². The molecule has 1 fully saturated rings. The van der Waals surface area contributed by atoms with Gasteiger partial charge in [-0.05, 0) is 49.1 Å². The van der Waals surface area contributed by atoms with Crippen LogP contribution in [0.2, 0.25) is 0 Å². The van der Waals surface area contributed by atoms with Crippen LogP contribution in [0.3, 0.4) is 0 Å². The lowest BCUT2D eigenvalue weighted by atomic mass is 10.0. The third-order valence-corrected chi connectivity index (χ3v) is 4.36. The number of aryl methyl sites for hydroxylation is 1. The molecule has 0 spiro atoms. The molecule has 0 bridgehead atoms. The number of benzene rings is 1. The third kappa shape index (κ3) is 3.08. The molecule has 1 aromatic carbocycles. The molecule has 0 radical (unpaired) electrons. The average molecular weight is 281 g/mol. The van der Waals surface area contributed by atoms with Gasteiger partial charge in [-0.2, -0.15) is 0 Å². The van der Waals surface area contributed by atoms with Gasteiger partial charge >= 0.3 is 0 Å². The fourth-order valence-corrected chi connectivity index (χ4v) is 3.24. The predicted octanol–water partition coefficient (Wildman–Crippen LogP) is 3.77. The van der Waals surface area contributed by atoms with Crippen molar-refractivity contribution in [2.45, 2.75) is 32.4 Å². The fraction of sp³-hybridized carbons (Fsp3) is 0.389. The highest BCUT2D eigenvalue weighted by Gasteiger charge is 2.27. The van der Waals surface area contributed by atoms with E-state index < -0.39 is 0 Å². The molecule has 1 aliphatic rings. The summed E-state index contributed by atoms with van der Waals surface area (Å²) in [5.74, 6) is 0.948. The topological polar surface area (TPSA) is 28.2 Å². The van der Waals surface area contributed by atoms with Crippen LogP contribution in [0.25, 0.3) is 0 Å². The Morgan fingerprint density at radius 1 is 1.29 bits per heavy atom. The van der Waals surface area contributed by atoms with Crippen molar-refractivity contribution in [2.24, 2.45) is 0 Å². The van der Waals surface area contributed by atoms with Crippen molar-refractivity contribution in [3.8, 4) is 0 Å². The van der Waals surface area contributed by atoms with Crippen LogP contribution >= 0.6 is 0 Å². The van der Waals surface area contributed by atoms with Gasteiger partial charge in [-0.3, -0.25) is 4.90 Å². The second-order valence-corrected chi connectivity index (χ2v) is 5.79. The van der Waals surface area contributed by atoms with Gasteiger partial charge in [0.05, 0.1) is 0 Å². The van der Waals surface area contributed by atoms with Crippen LogP contribution in [-0.2, 0) is 6.54 Å². The second-order valence-electron chi connectivity index (χ2n) is 5.79. The summed E-state index contributed by atoms with van der Waals surface area (Å²) in [5.41, 5.74) is 4.10. The highest BCUT2D eigenvalue weighted by molar-refractivity contribution is 5.41. The minimum absolute atomic E-state index is 0.503. The van der Waals surface area contributed by atoms with E-state index in [1.54, 1.807) is 0 Å². The first-order valence-electron chi connectivity index (χ1n) is 7.70. The van der Waals surface area contributed by atoms with Gasteiger partial charge in [-0.1, -0.05) is 30.3 Å². The quantitative estimate of drug-likeness (QED) is 0.924. The molecule has 21 heavy (non-hydrogen) atoms. The molecule has 0 aliphatic carbocycles. The van der Waals surface area contributed by atoms with Gasteiger partial charge in [0.25, 0.3) is 0 Å². The molecule has 3 rings (SSSR count). The Hall–Kier alpha value is -1.87. The van der Waals surface area contributed by atoms with Gasteiger partial charge in [0.1, 0.15) is 5.82 Å². The maximum atomic E-state index is 4.51. The van der Waals surface area contributed by atoms with Crippen molar-refractivity contribution in [1.29, 1.82) is 0 Å². The number of aromatic nitrogens is 1. The lowest BCUT2D eigenvalue weighted by molar-refractivity contribution is 0.247. The Balaban J connectivity index is 1.80. The smallest absolute Gasteiger partial charge is 0.125 e. The Labute approximate surface area is 127 Å². The van der Waals surface area contributed by atoms with E-state index in [0.717, 1.165) is 12.4 Å². The van der Waals surface area contributed by atoms with Crippen molar-refractivity contribution in [2.75, 3.05) is 18.9 Å². The maximum absolute atomic E-state index is 4.51. The molecule has 1 unspecified atom stereocenters. The summed E-state index contributed by atoms with van der Waals surface area (Å²) in [7, 11) is 1.92. The van der Waals surface area contributed by atoms with E-state index in [1.165, 1.54) is 36.1 Å². The molecule has 1 atom stereocenters. The van der Waals surface area contributed by atoms with Crippen LogP contribution in [0, 0.1) is 6.92 Å². The number of nitrogens with one attached hydrogen (secondary N) is 1. The highest BCUT2D eigenvalue weighted by Crippen LogP contribution is 2.34. The van der Waals surface area contributed by atoms with Crippen LogP contribution < -0.4 is 5.32 Å². The summed E-state index contributed by atoms with van der Waals surface area (Å²) in [6.45, 7) is 4.39. The second kappa shape index (κ2) is 6.27. The molecule has 1 aromatic heterocycles. The van der Waals surface area contributed by atoms with Crippen molar-refractivity contribution in [1.82, 2.24) is 9.88 Å². The van der Waals surface area contributed by atoms with Crippen molar-refractivity contribution in [3.63, 3.8) is 0 Å². The Morgan fingerprint density at radius 2 is 2.10 bits per heavy atom. The average Bonchev–Trinajstić information content (AvgIpc) is 2.96. The van der Waals surface area contributed by atoms with E-state index in [4.69, 9.17) is 0 Å². The predicted molar refractivity (Wildman–Crippen MR) is 87.3 cm³/mol. The lowest BCUT2D eigenvalue weighted by Crippen LogP contribution is -2.23. The largest absolute Gasteiger partial charge is 0.373 e. The van der Waals surface area contributed by atoms with Gasteiger partial charge < -0.3 is 5.32 Å². The molecular weight excluding hydrogens is 258 g/mol. The first-order valence-corrected chi connectivity index (χ1v) is 7.70. The van der Waals surface area contributed by atoms with E-state index in [-0.39, 0.29) is 0 Å². The number of rotatable bonds is 4. The number of nitrogens with zero attached hydrogens (tertiary/aromatic N) is 2. The van der Waals surface area contributed by atoms with Gasteiger partial charge in [0.2, 0.25) is 0 Å². The van der Waals surface area contributed by atoms with E-state index in [9.17, 15) is 0 Å². The zero-order chi connectivity index (χ0) is 14.7. The number of anilines is 1. The third-order valence-electron chi connectivity index (χ3n) is 4.36. The van der Waals surface area contributed by atoms with Crippen molar-refractivity contribution >= 4 is 5.82 Å². The van der Waals surface area contributed by atoms with E-state index in [1.807, 2.05) is 7.05 Å². The Morgan fingerprint density at radius 3 is 2.81 bits per heavy atom. The number of hydrogen-bond acceptors (Lipinski definition) is 3. The molecule has 110 valence electrons. The zero-order valence-electron chi connectivity index (χ0n) is 12.8. The van der Waals surface area contributed by atoms with Crippen molar-refractivity contribution < 1.29 is 0 Å². The number of pyridine rings is 1. The standard InChI is InChI=1S/C18H23N3/c1-14-11-18(19-2)20-12-16(14)17-9-6-10-21(17)13-15-7-4-3-5-8-15/h3-5,7-8,11-12,17H,6,9-10,13H2,1-2H3,(H,19,20). The molecule has 1 aliphatic heterocycles. The summed E-state index contributed by atoms with van der Waals surface area (Å²) in [6, 6.07) is 13.4. The maximum Gasteiger partial charge on any atom is 0.125 e. The summed E-state index contributed by atoms with van der Waals surface area (Å²) >= 11 is 0. The molecule has 3 heteroatoms. The molecule has 2 aromatic rings. The Kier molecular flexibility index (Phi) is 4.20. The minimum atomic E-state index is 0.503. The summed E-state index contributed by atoms with van der Waals surface area (Å²) < 4.78 is 0. The van der Waals surface area contributed by atoms with Gasteiger partial charge in [-0.15, -0.1) is 0 Å². The van der Waals surface area contributed by atoms with Crippen molar-refractivity contribution in [3.05, 3.63) is 59.3 Å². The molecule has 1 saturated heterocycles. The van der Waals surface area contributed by atoms with Crippen LogP contribution in [0.5, 0.6) is 0 Å². The van der Waals surface area contributed by atoms with E-state index in [2.05, 4.69) is 64.7 Å².